The zero-order valence-corrected chi connectivity index (χ0v) is 11.5. The number of hydrogen-bond acceptors (Lipinski definition) is 3. The van der Waals surface area contributed by atoms with Crippen molar-refractivity contribution in [3.05, 3.63) is 18.2 Å². The highest BCUT2D eigenvalue weighted by Gasteiger charge is 2.19. The monoisotopic (exact) mass is 248 g/mol. The van der Waals surface area contributed by atoms with E-state index < -0.39 is 0 Å². The molecule has 0 spiro atoms. The Bertz CT molecular complexity index is 392. The van der Waals surface area contributed by atoms with Gasteiger partial charge in [0.2, 0.25) is 0 Å². The Labute approximate surface area is 110 Å². The first-order valence-electron chi connectivity index (χ1n) is 7.01. The lowest BCUT2D eigenvalue weighted by atomic mass is 9.95. The summed E-state index contributed by atoms with van der Waals surface area (Å²) in [5.41, 5.74) is 7.95. The van der Waals surface area contributed by atoms with E-state index in [4.69, 9.17) is 10.5 Å². The molecule has 0 radical (unpaired) electrons. The second-order valence-corrected chi connectivity index (χ2v) is 5.06. The van der Waals surface area contributed by atoms with Crippen LogP contribution >= 0.6 is 0 Å². The Kier molecular flexibility index (Phi) is 4.34. The molecular formula is C15H24N2O. The van der Waals surface area contributed by atoms with Crippen LogP contribution in [0.2, 0.25) is 0 Å². The predicted molar refractivity (Wildman–Crippen MR) is 77.3 cm³/mol. The maximum atomic E-state index is 5.96. The molecule has 3 nitrogen and oxygen atoms in total. The lowest BCUT2D eigenvalue weighted by Gasteiger charge is -2.34. The molecule has 0 amide bonds. The van der Waals surface area contributed by atoms with E-state index in [1.165, 1.54) is 24.9 Å². The third kappa shape index (κ3) is 3.09. The summed E-state index contributed by atoms with van der Waals surface area (Å²) in [5.74, 6) is 1.70. The lowest BCUT2D eigenvalue weighted by Crippen LogP contribution is -2.35. The number of rotatable bonds is 4. The standard InChI is InChI=1S/C15H24N2O/c1-3-12-6-5-7-17(11-12)14-8-13(16)9-15(10-14)18-4-2/h8-10,12H,3-7,11,16H2,1-2H3. The van der Waals surface area contributed by atoms with E-state index in [1.807, 2.05) is 13.0 Å². The molecule has 0 aromatic heterocycles. The molecule has 1 aliphatic rings. The van der Waals surface area contributed by atoms with Crippen molar-refractivity contribution < 1.29 is 4.74 Å². The quantitative estimate of drug-likeness (QED) is 0.831. The molecule has 1 aromatic rings. The first-order chi connectivity index (χ1) is 8.72. The zero-order chi connectivity index (χ0) is 13.0. The first kappa shape index (κ1) is 13.1. The lowest BCUT2D eigenvalue weighted by molar-refractivity contribution is 0.340. The van der Waals surface area contributed by atoms with Gasteiger partial charge in [0, 0.05) is 36.6 Å². The minimum absolute atomic E-state index is 0.681. The van der Waals surface area contributed by atoms with Crippen LogP contribution in [0.15, 0.2) is 18.2 Å². The highest BCUT2D eigenvalue weighted by Crippen LogP contribution is 2.29. The number of anilines is 2. The fraction of sp³-hybridized carbons (Fsp3) is 0.600. The molecule has 100 valence electrons. The third-order valence-electron chi connectivity index (χ3n) is 3.69. The highest BCUT2D eigenvalue weighted by atomic mass is 16.5. The van der Waals surface area contributed by atoms with Gasteiger partial charge in [-0.25, -0.2) is 0 Å². The van der Waals surface area contributed by atoms with Gasteiger partial charge >= 0.3 is 0 Å². The van der Waals surface area contributed by atoms with Gasteiger partial charge in [-0.15, -0.1) is 0 Å². The maximum Gasteiger partial charge on any atom is 0.123 e. The summed E-state index contributed by atoms with van der Waals surface area (Å²) < 4.78 is 5.56. The number of piperidine rings is 1. The molecule has 3 heteroatoms. The van der Waals surface area contributed by atoms with Gasteiger partial charge in [0.25, 0.3) is 0 Å². The summed E-state index contributed by atoms with van der Waals surface area (Å²) in [6.45, 7) is 7.23. The van der Waals surface area contributed by atoms with Crippen molar-refractivity contribution in [2.24, 2.45) is 5.92 Å². The van der Waals surface area contributed by atoms with Crippen LogP contribution in [0.3, 0.4) is 0 Å². The van der Waals surface area contributed by atoms with Gasteiger partial charge in [0.1, 0.15) is 5.75 Å². The van der Waals surface area contributed by atoms with E-state index in [2.05, 4.69) is 24.0 Å². The van der Waals surface area contributed by atoms with Gasteiger partial charge in [-0.1, -0.05) is 13.3 Å². The largest absolute Gasteiger partial charge is 0.494 e. The summed E-state index contributed by atoms with van der Waals surface area (Å²) in [4.78, 5) is 2.44. The topological polar surface area (TPSA) is 38.5 Å². The number of nitrogen functional groups attached to an aromatic ring is 1. The molecule has 2 rings (SSSR count). The smallest absolute Gasteiger partial charge is 0.123 e. The van der Waals surface area contributed by atoms with Crippen LogP contribution in [0.4, 0.5) is 11.4 Å². The minimum atomic E-state index is 0.681. The molecule has 18 heavy (non-hydrogen) atoms. The number of ether oxygens (including phenoxy) is 1. The Balaban J connectivity index is 2.16. The Hall–Kier alpha value is -1.38. The van der Waals surface area contributed by atoms with E-state index in [1.54, 1.807) is 0 Å². The van der Waals surface area contributed by atoms with E-state index in [-0.39, 0.29) is 0 Å². The first-order valence-corrected chi connectivity index (χ1v) is 7.01. The van der Waals surface area contributed by atoms with Crippen LogP contribution in [-0.2, 0) is 0 Å². The average molecular weight is 248 g/mol. The van der Waals surface area contributed by atoms with Crippen LogP contribution in [0.1, 0.15) is 33.1 Å². The number of benzene rings is 1. The second kappa shape index (κ2) is 5.98. The average Bonchev–Trinajstić information content (AvgIpc) is 2.38. The Morgan fingerprint density at radius 3 is 2.89 bits per heavy atom. The Morgan fingerprint density at radius 1 is 1.33 bits per heavy atom. The number of nitrogens with zero attached hydrogens (tertiary/aromatic N) is 1. The van der Waals surface area contributed by atoms with Crippen molar-refractivity contribution in [1.82, 2.24) is 0 Å². The van der Waals surface area contributed by atoms with Crippen LogP contribution in [0.25, 0.3) is 0 Å². The summed E-state index contributed by atoms with van der Waals surface area (Å²) in [6.07, 6.45) is 3.89. The third-order valence-corrected chi connectivity index (χ3v) is 3.69. The molecule has 1 fully saturated rings. The molecule has 0 bridgehead atoms. The normalized spacial score (nSPS) is 19.9. The number of hydrogen-bond donors (Lipinski definition) is 1. The molecular weight excluding hydrogens is 224 g/mol. The molecule has 0 aliphatic carbocycles. The van der Waals surface area contributed by atoms with E-state index in [9.17, 15) is 0 Å². The molecule has 1 aliphatic heterocycles. The van der Waals surface area contributed by atoms with Crippen LogP contribution in [0, 0.1) is 5.92 Å². The molecule has 1 atom stereocenters. The molecule has 2 N–H and O–H groups in total. The van der Waals surface area contributed by atoms with Crippen molar-refractivity contribution in [1.29, 1.82) is 0 Å². The van der Waals surface area contributed by atoms with Gasteiger partial charge in [-0.05, 0) is 31.7 Å². The van der Waals surface area contributed by atoms with Gasteiger partial charge in [-0.3, -0.25) is 0 Å². The summed E-state index contributed by atoms with van der Waals surface area (Å²) in [6, 6.07) is 6.06. The van der Waals surface area contributed by atoms with Crippen molar-refractivity contribution >= 4 is 11.4 Å². The van der Waals surface area contributed by atoms with Crippen molar-refractivity contribution in [3.63, 3.8) is 0 Å². The summed E-state index contributed by atoms with van der Waals surface area (Å²) >= 11 is 0. The molecule has 1 saturated heterocycles. The van der Waals surface area contributed by atoms with Gasteiger partial charge in [0.05, 0.1) is 6.61 Å². The van der Waals surface area contributed by atoms with Crippen LogP contribution in [-0.4, -0.2) is 19.7 Å². The highest BCUT2D eigenvalue weighted by molar-refractivity contribution is 5.60. The van der Waals surface area contributed by atoms with Crippen molar-refractivity contribution in [2.75, 3.05) is 30.3 Å². The predicted octanol–water partition coefficient (Wildman–Crippen LogP) is 3.29. The fourth-order valence-electron chi connectivity index (χ4n) is 2.67. The van der Waals surface area contributed by atoms with E-state index >= 15 is 0 Å². The van der Waals surface area contributed by atoms with Gasteiger partial charge < -0.3 is 15.4 Å². The zero-order valence-electron chi connectivity index (χ0n) is 11.5. The van der Waals surface area contributed by atoms with Crippen molar-refractivity contribution in [2.45, 2.75) is 33.1 Å². The summed E-state index contributed by atoms with van der Waals surface area (Å²) in [7, 11) is 0. The second-order valence-electron chi connectivity index (χ2n) is 5.06. The van der Waals surface area contributed by atoms with Crippen LogP contribution in [0.5, 0.6) is 5.75 Å². The van der Waals surface area contributed by atoms with E-state index in [0.29, 0.717) is 6.61 Å². The van der Waals surface area contributed by atoms with Gasteiger partial charge in [0.15, 0.2) is 0 Å². The summed E-state index contributed by atoms with van der Waals surface area (Å²) in [5, 5.41) is 0. The Morgan fingerprint density at radius 2 is 2.17 bits per heavy atom. The molecule has 1 aromatic carbocycles. The molecule has 1 unspecified atom stereocenters. The number of nitrogens with two attached hydrogens (primary N) is 1. The molecule has 0 saturated carbocycles. The molecule has 1 heterocycles. The van der Waals surface area contributed by atoms with Crippen LogP contribution < -0.4 is 15.4 Å². The minimum Gasteiger partial charge on any atom is -0.494 e. The van der Waals surface area contributed by atoms with Gasteiger partial charge in [-0.2, -0.15) is 0 Å². The van der Waals surface area contributed by atoms with E-state index in [0.717, 1.165) is 30.4 Å². The SMILES string of the molecule is CCOc1cc(N)cc(N2CCCC(CC)C2)c1. The maximum absolute atomic E-state index is 5.96. The van der Waals surface area contributed by atoms with Crippen molar-refractivity contribution in [3.8, 4) is 5.75 Å². The fourth-order valence-corrected chi connectivity index (χ4v) is 2.67.